The molecule has 0 aromatic rings. The second-order valence-electron chi connectivity index (χ2n) is 3.33. The fraction of sp³-hybridized carbons (Fsp3) is 1.00. The van der Waals surface area contributed by atoms with Crippen LogP contribution in [0.4, 0.5) is 0 Å². The number of rotatable bonds is 4. The molecule has 8 nitrogen and oxygen atoms in total. The first-order valence-corrected chi connectivity index (χ1v) is 5.63. The van der Waals surface area contributed by atoms with Gasteiger partial charge >= 0.3 is 0 Å². The van der Waals surface area contributed by atoms with Crippen molar-refractivity contribution in [2.45, 2.75) is 0 Å². The molecule has 0 aliphatic carbocycles. The van der Waals surface area contributed by atoms with Gasteiger partial charge in [-0.1, -0.05) is 0 Å². The molecule has 1 aliphatic heterocycles. The predicted octanol–water partition coefficient (Wildman–Crippen LogP) is -0.498. The Labute approximate surface area is 80.1 Å². The van der Waals surface area contributed by atoms with E-state index in [-0.39, 0.29) is 24.6 Å². The van der Waals surface area contributed by atoms with Crippen LogP contribution in [-0.2, 0) is 9.84 Å². The van der Waals surface area contributed by atoms with Gasteiger partial charge in [-0.25, -0.2) is 8.42 Å². The van der Waals surface area contributed by atoms with E-state index in [1.54, 1.807) is 0 Å². The van der Waals surface area contributed by atoms with Gasteiger partial charge in [0.15, 0.2) is 9.84 Å². The van der Waals surface area contributed by atoms with Crippen LogP contribution in [-0.4, -0.2) is 33.0 Å². The number of nitrogens with one attached hydrogen (secondary N) is 2. The lowest BCUT2D eigenvalue weighted by Gasteiger charge is -2.34. The van der Waals surface area contributed by atoms with Crippen molar-refractivity contribution < 1.29 is 8.42 Å². The van der Waals surface area contributed by atoms with E-state index in [1.165, 1.54) is 0 Å². The average molecular weight is 218 g/mol. The SMILES string of the molecule is N=[N+]=NCC1(CN=[N+]=N)CS(=O)(=O)C1. The van der Waals surface area contributed by atoms with Gasteiger partial charge in [0.05, 0.1) is 16.9 Å². The first kappa shape index (κ1) is 10.6. The normalized spacial score (nSPS) is 21.1. The standard InChI is InChI=1S/C5H10N6O2S/c6-10-8-1-5(2-9-11-7)3-14(12,13)4-5/h6-7H,1-4H2/q+2. The van der Waals surface area contributed by atoms with Gasteiger partial charge in [0.2, 0.25) is 9.82 Å². The Hall–Kier alpha value is -1.43. The summed E-state index contributed by atoms with van der Waals surface area (Å²) >= 11 is 0. The van der Waals surface area contributed by atoms with Crippen LogP contribution in [0.2, 0.25) is 0 Å². The lowest BCUT2D eigenvalue weighted by Crippen LogP contribution is -2.52. The Morgan fingerprint density at radius 3 is 1.86 bits per heavy atom. The summed E-state index contributed by atoms with van der Waals surface area (Å²) < 4.78 is 22.0. The van der Waals surface area contributed by atoms with E-state index in [0.717, 1.165) is 0 Å². The summed E-state index contributed by atoms with van der Waals surface area (Å²) in [5.74, 6) is -0.0317. The molecule has 76 valence electrons. The molecule has 9 heteroatoms. The van der Waals surface area contributed by atoms with Gasteiger partial charge in [0, 0.05) is 0 Å². The highest BCUT2D eigenvalue weighted by molar-refractivity contribution is 7.92. The minimum absolute atomic E-state index is 0.0158. The first-order chi connectivity index (χ1) is 6.54. The molecule has 0 saturated carbocycles. The van der Waals surface area contributed by atoms with Crippen LogP contribution in [0, 0.1) is 16.5 Å². The highest BCUT2D eigenvalue weighted by Gasteiger charge is 2.51. The van der Waals surface area contributed by atoms with Gasteiger partial charge in [-0.3, -0.25) is 0 Å². The Morgan fingerprint density at radius 1 is 1.14 bits per heavy atom. The fourth-order valence-corrected chi connectivity index (χ4v) is 3.64. The van der Waals surface area contributed by atoms with Crippen molar-refractivity contribution in [2.24, 2.45) is 15.6 Å². The quantitative estimate of drug-likeness (QED) is 0.486. The summed E-state index contributed by atoms with van der Waals surface area (Å²) in [7, 11) is -2.98. The molecule has 0 amide bonds. The van der Waals surface area contributed by atoms with Crippen LogP contribution < -0.4 is 9.82 Å². The van der Waals surface area contributed by atoms with Crippen LogP contribution in [0.3, 0.4) is 0 Å². The lowest BCUT2D eigenvalue weighted by molar-refractivity contribution is 0.342. The monoisotopic (exact) mass is 218 g/mol. The average Bonchev–Trinajstić information content (AvgIpc) is 2.08. The Morgan fingerprint density at radius 2 is 1.57 bits per heavy atom. The molecular weight excluding hydrogens is 208 g/mol. The van der Waals surface area contributed by atoms with Gasteiger partial charge in [-0.15, -0.1) is 0 Å². The van der Waals surface area contributed by atoms with E-state index in [9.17, 15) is 8.42 Å². The molecule has 0 radical (unpaired) electrons. The first-order valence-electron chi connectivity index (χ1n) is 3.80. The molecule has 14 heavy (non-hydrogen) atoms. The van der Waals surface area contributed by atoms with E-state index < -0.39 is 15.3 Å². The second-order valence-corrected chi connectivity index (χ2v) is 5.40. The van der Waals surface area contributed by atoms with E-state index in [4.69, 9.17) is 11.1 Å². The van der Waals surface area contributed by atoms with Crippen molar-refractivity contribution in [3.8, 4) is 0 Å². The minimum atomic E-state index is -2.98. The zero-order valence-electron chi connectivity index (χ0n) is 7.34. The molecule has 1 fully saturated rings. The predicted molar refractivity (Wildman–Crippen MR) is 45.4 cm³/mol. The van der Waals surface area contributed by atoms with Crippen molar-refractivity contribution in [1.82, 2.24) is 9.82 Å². The molecule has 0 aromatic heterocycles. The largest absolute Gasteiger partial charge is 0.229 e. The maximum atomic E-state index is 11.0. The fourth-order valence-electron chi connectivity index (χ4n) is 1.49. The molecule has 1 saturated heterocycles. The zero-order chi connectivity index (χ0) is 10.7. The van der Waals surface area contributed by atoms with E-state index in [0.29, 0.717) is 0 Å². The summed E-state index contributed by atoms with van der Waals surface area (Å²) in [6, 6.07) is 0. The molecule has 1 heterocycles. The third kappa shape index (κ3) is 2.29. The number of nitrogens with zero attached hydrogens (tertiary/aromatic N) is 4. The summed E-state index contributed by atoms with van der Waals surface area (Å²) in [6.07, 6.45) is 0. The second kappa shape index (κ2) is 3.75. The summed E-state index contributed by atoms with van der Waals surface area (Å²) in [4.78, 5) is 5.64. The number of hydrogen-bond acceptors (Lipinski definition) is 6. The van der Waals surface area contributed by atoms with E-state index in [1.807, 2.05) is 0 Å². The molecule has 0 bridgehead atoms. The Balaban J connectivity index is 2.73. The minimum Gasteiger partial charge on any atom is -0.229 e. The van der Waals surface area contributed by atoms with Crippen LogP contribution in [0.5, 0.6) is 0 Å². The third-order valence-electron chi connectivity index (χ3n) is 2.01. The Bertz CT molecular complexity index is 382. The molecule has 0 aromatic carbocycles. The highest BCUT2D eigenvalue weighted by atomic mass is 32.2. The van der Waals surface area contributed by atoms with Crippen molar-refractivity contribution in [3.05, 3.63) is 0 Å². The van der Waals surface area contributed by atoms with Crippen molar-refractivity contribution in [3.63, 3.8) is 0 Å². The van der Waals surface area contributed by atoms with Crippen molar-refractivity contribution in [1.29, 1.82) is 11.1 Å². The topological polar surface area (TPSA) is 135 Å². The van der Waals surface area contributed by atoms with Crippen LogP contribution in [0.1, 0.15) is 0 Å². The van der Waals surface area contributed by atoms with Gasteiger partial charge in [0.25, 0.3) is 0 Å². The van der Waals surface area contributed by atoms with E-state index >= 15 is 0 Å². The van der Waals surface area contributed by atoms with Crippen molar-refractivity contribution >= 4 is 9.84 Å². The lowest BCUT2D eigenvalue weighted by atomic mass is 9.92. The summed E-state index contributed by atoms with van der Waals surface area (Å²) in [6.45, 7) is 0.295. The van der Waals surface area contributed by atoms with Gasteiger partial charge in [-0.05, 0) is 0 Å². The molecular formula is C5H10N6O2S+2. The summed E-state index contributed by atoms with van der Waals surface area (Å²) in [5, 5.41) is 6.90. The smallest absolute Gasteiger partial charge is 0.214 e. The Kier molecular flexibility index (Phi) is 2.85. The molecule has 0 atom stereocenters. The molecule has 0 spiro atoms. The molecule has 1 rings (SSSR count). The maximum Gasteiger partial charge on any atom is 0.214 e. The summed E-state index contributed by atoms with van der Waals surface area (Å²) in [5.41, 5.74) is 12.4. The van der Waals surface area contributed by atoms with Crippen molar-refractivity contribution in [2.75, 3.05) is 24.6 Å². The maximum absolute atomic E-state index is 11.0. The van der Waals surface area contributed by atoms with Crippen LogP contribution in [0.15, 0.2) is 10.2 Å². The molecule has 1 aliphatic rings. The van der Waals surface area contributed by atoms with Crippen LogP contribution in [0.25, 0.3) is 0 Å². The zero-order valence-corrected chi connectivity index (χ0v) is 8.16. The number of sulfone groups is 1. The molecule has 0 unspecified atom stereocenters. The van der Waals surface area contributed by atoms with Crippen LogP contribution >= 0.6 is 0 Å². The van der Waals surface area contributed by atoms with Gasteiger partial charge < -0.3 is 0 Å². The van der Waals surface area contributed by atoms with Gasteiger partial charge in [-0.2, -0.15) is 0 Å². The molecule has 2 N–H and O–H groups in total. The van der Waals surface area contributed by atoms with E-state index in [2.05, 4.69) is 20.1 Å². The highest BCUT2D eigenvalue weighted by Crippen LogP contribution is 2.33. The van der Waals surface area contributed by atoms with Gasteiger partial charge in [0.1, 0.15) is 34.4 Å². The third-order valence-corrected chi connectivity index (χ3v) is 4.11. The number of hydrogen-bond donors (Lipinski definition) is 2.